The third-order valence-corrected chi connectivity index (χ3v) is 4.91. The van der Waals surface area contributed by atoms with Crippen molar-refractivity contribution in [3.63, 3.8) is 0 Å². The maximum atomic E-state index is 5.72. The van der Waals surface area contributed by atoms with Gasteiger partial charge in [-0.2, -0.15) is 0 Å². The van der Waals surface area contributed by atoms with Crippen molar-refractivity contribution in [3.8, 4) is 0 Å². The van der Waals surface area contributed by atoms with Crippen LogP contribution in [-0.2, 0) is 6.42 Å². The summed E-state index contributed by atoms with van der Waals surface area (Å²) >= 11 is 0. The first-order chi connectivity index (χ1) is 10.4. The lowest BCUT2D eigenvalue weighted by Crippen LogP contribution is -2.39. The number of nitrogens with two attached hydrogens (primary N) is 1. The lowest BCUT2D eigenvalue weighted by Gasteiger charge is -2.35. The molecule has 0 aromatic carbocycles. The Morgan fingerprint density at radius 3 is 2.62 bits per heavy atom. The molecule has 21 heavy (non-hydrogen) atoms. The fraction of sp³-hybridized carbons (Fsp3) is 0.706. The molecule has 4 heteroatoms. The van der Waals surface area contributed by atoms with Crippen LogP contribution >= 0.6 is 0 Å². The van der Waals surface area contributed by atoms with Crippen LogP contribution in [0, 0.1) is 5.92 Å². The van der Waals surface area contributed by atoms with Crippen LogP contribution in [-0.4, -0.2) is 49.2 Å². The Labute approximate surface area is 128 Å². The van der Waals surface area contributed by atoms with E-state index in [0.29, 0.717) is 6.54 Å². The van der Waals surface area contributed by atoms with Gasteiger partial charge in [0, 0.05) is 25.8 Å². The van der Waals surface area contributed by atoms with Gasteiger partial charge in [-0.05, 0) is 69.3 Å². The average molecular weight is 288 g/mol. The molecule has 116 valence electrons. The number of rotatable bonds is 5. The Morgan fingerprint density at radius 1 is 1.14 bits per heavy atom. The summed E-state index contributed by atoms with van der Waals surface area (Å²) in [6.07, 6.45) is 8.23. The number of likely N-dealkylation sites (tertiary alicyclic amines) is 1. The molecule has 0 bridgehead atoms. The molecule has 2 N–H and O–H groups in total. The van der Waals surface area contributed by atoms with E-state index in [4.69, 9.17) is 5.73 Å². The summed E-state index contributed by atoms with van der Waals surface area (Å²) in [4.78, 5) is 9.73. The van der Waals surface area contributed by atoms with Crippen molar-refractivity contribution >= 4 is 5.82 Å². The third-order valence-electron chi connectivity index (χ3n) is 4.91. The van der Waals surface area contributed by atoms with Gasteiger partial charge in [0.05, 0.1) is 0 Å². The molecule has 0 spiro atoms. The Bertz CT molecular complexity index is 434. The minimum Gasteiger partial charge on any atom is -0.356 e. The number of piperidine rings is 1. The maximum absolute atomic E-state index is 5.72. The second kappa shape index (κ2) is 7.23. The van der Waals surface area contributed by atoms with Crippen molar-refractivity contribution in [2.45, 2.75) is 32.1 Å². The van der Waals surface area contributed by atoms with Gasteiger partial charge in [0.2, 0.25) is 0 Å². The molecule has 2 saturated heterocycles. The van der Waals surface area contributed by atoms with E-state index < -0.39 is 0 Å². The Balaban J connectivity index is 1.55. The largest absolute Gasteiger partial charge is 0.356 e. The monoisotopic (exact) mass is 288 g/mol. The number of pyridine rings is 1. The predicted octanol–water partition coefficient (Wildman–Crippen LogP) is 1.89. The van der Waals surface area contributed by atoms with Gasteiger partial charge >= 0.3 is 0 Å². The zero-order chi connectivity index (χ0) is 14.5. The molecule has 3 heterocycles. The first kappa shape index (κ1) is 14.8. The lowest BCUT2D eigenvalue weighted by atomic mass is 9.96. The summed E-state index contributed by atoms with van der Waals surface area (Å²) in [5.41, 5.74) is 7.02. The highest BCUT2D eigenvalue weighted by atomic mass is 15.2. The summed E-state index contributed by atoms with van der Waals surface area (Å²) in [6, 6.07) is 4.19. The van der Waals surface area contributed by atoms with Gasteiger partial charge in [0.1, 0.15) is 5.82 Å². The van der Waals surface area contributed by atoms with Crippen LogP contribution in [0.3, 0.4) is 0 Å². The minimum atomic E-state index is 0.699. The number of hydrogen-bond acceptors (Lipinski definition) is 4. The van der Waals surface area contributed by atoms with Crippen molar-refractivity contribution < 1.29 is 0 Å². The molecular formula is C17H28N4. The first-order valence-electron chi connectivity index (χ1n) is 8.48. The van der Waals surface area contributed by atoms with Crippen molar-refractivity contribution in [2.75, 3.05) is 44.2 Å². The highest BCUT2D eigenvalue weighted by Gasteiger charge is 2.24. The van der Waals surface area contributed by atoms with Crippen LogP contribution in [0.15, 0.2) is 18.3 Å². The molecule has 2 aliphatic rings. The van der Waals surface area contributed by atoms with Crippen LogP contribution in [0.25, 0.3) is 0 Å². The van der Waals surface area contributed by atoms with E-state index in [2.05, 4.69) is 20.9 Å². The first-order valence-corrected chi connectivity index (χ1v) is 8.48. The van der Waals surface area contributed by atoms with E-state index in [0.717, 1.165) is 25.4 Å². The van der Waals surface area contributed by atoms with Gasteiger partial charge in [0.15, 0.2) is 0 Å². The summed E-state index contributed by atoms with van der Waals surface area (Å²) in [6.45, 7) is 6.94. The van der Waals surface area contributed by atoms with Crippen molar-refractivity contribution in [1.29, 1.82) is 0 Å². The molecule has 0 aliphatic carbocycles. The Kier molecular flexibility index (Phi) is 5.09. The quantitative estimate of drug-likeness (QED) is 0.899. The molecule has 0 atom stereocenters. The number of aromatic nitrogens is 1. The molecule has 2 fully saturated rings. The van der Waals surface area contributed by atoms with Gasteiger partial charge in [-0.1, -0.05) is 6.07 Å². The highest BCUT2D eigenvalue weighted by Crippen LogP contribution is 2.26. The molecule has 0 saturated carbocycles. The zero-order valence-electron chi connectivity index (χ0n) is 13.0. The molecule has 3 rings (SSSR count). The summed E-state index contributed by atoms with van der Waals surface area (Å²) in [5.74, 6) is 2.04. The topological polar surface area (TPSA) is 45.4 Å². The van der Waals surface area contributed by atoms with E-state index in [1.807, 2.05) is 12.3 Å². The van der Waals surface area contributed by atoms with E-state index >= 15 is 0 Å². The maximum Gasteiger partial charge on any atom is 0.131 e. The molecule has 0 unspecified atom stereocenters. The second-order valence-electron chi connectivity index (χ2n) is 6.46. The fourth-order valence-corrected chi connectivity index (χ4v) is 3.72. The molecule has 1 aromatic rings. The molecule has 2 aliphatic heterocycles. The standard InChI is InChI=1S/C17H28N4/c18-8-5-16-4-3-9-19-17(16)21-12-6-15(7-13-21)14-20-10-1-2-11-20/h3-4,9,15H,1-2,5-8,10-14,18H2. The van der Waals surface area contributed by atoms with Crippen LogP contribution < -0.4 is 10.6 Å². The van der Waals surface area contributed by atoms with Crippen LogP contribution in [0.2, 0.25) is 0 Å². The third kappa shape index (κ3) is 3.74. The highest BCUT2D eigenvalue weighted by molar-refractivity contribution is 5.47. The van der Waals surface area contributed by atoms with Gasteiger partial charge in [0.25, 0.3) is 0 Å². The van der Waals surface area contributed by atoms with Crippen LogP contribution in [0.4, 0.5) is 5.82 Å². The van der Waals surface area contributed by atoms with Crippen molar-refractivity contribution in [1.82, 2.24) is 9.88 Å². The van der Waals surface area contributed by atoms with E-state index in [-0.39, 0.29) is 0 Å². The molecule has 1 aromatic heterocycles. The van der Waals surface area contributed by atoms with E-state index in [1.165, 1.54) is 56.7 Å². The van der Waals surface area contributed by atoms with E-state index in [9.17, 15) is 0 Å². The summed E-state index contributed by atoms with van der Waals surface area (Å²) < 4.78 is 0. The molecule has 4 nitrogen and oxygen atoms in total. The summed E-state index contributed by atoms with van der Waals surface area (Å²) in [5, 5.41) is 0. The number of anilines is 1. The molecule has 0 amide bonds. The molecule has 0 radical (unpaired) electrons. The predicted molar refractivity (Wildman–Crippen MR) is 87.6 cm³/mol. The normalized spacial score (nSPS) is 21.1. The Hall–Kier alpha value is -1.13. The van der Waals surface area contributed by atoms with E-state index in [1.54, 1.807) is 0 Å². The average Bonchev–Trinajstić information content (AvgIpc) is 3.02. The SMILES string of the molecule is NCCc1cccnc1N1CCC(CN2CCCC2)CC1. The van der Waals surface area contributed by atoms with Crippen molar-refractivity contribution in [3.05, 3.63) is 23.9 Å². The number of hydrogen-bond donors (Lipinski definition) is 1. The minimum absolute atomic E-state index is 0.699. The fourth-order valence-electron chi connectivity index (χ4n) is 3.72. The van der Waals surface area contributed by atoms with Gasteiger partial charge < -0.3 is 15.5 Å². The van der Waals surface area contributed by atoms with Crippen LogP contribution in [0.5, 0.6) is 0 Å². The van der Waals surface area contributed by atoms with Crippen LogP contribution in [0.1, 0.15) is 31.2 Å². The van der Waals surface area contributed by atoms with Gasteiger partial charge in [-0.15, -0.1) is 0 Å². The van der Waals surface area contributed by atoms with Gasteiger partial charge in [-0.3, -0.25) is 0 Å². The summed E-state index contributed by atoms with van der Waals surface area (Å²) in [7, 11) is 0. The zero-order valence-corrected chi connectivity index (χ0v) is 13.0. The Morgan fingerprint density at radius 2 is 1.90 bits per heavy atom. The second-order valence-corrected chi connectivity index (χ2v) is 6.46. The lowest BCUT2D eigenvalue weighted by molar-refractivity contribution is 0.249. The van der Waals surface area contributed by atoms with Gasteiger partial charge in [-0.25, -0.2) is 4.98 Å². The number of nitrogens with zero attached hydrogens (tertiary/aromatic N) is 3. The molecular weight excluding hydrogens is 260 g/mol. The smallest absolute Gasteiger partial charge is 0.131 e. The van der Waals surface area contributed by atoms with Crippen molar-refractivity contribution in [2.24, 2.45) is 11.7 Å².